The highest BCUT2D eigenvalue weighted by atomic mass is 16.3. The highest BCUT2D eigenvalue weighted by Crippen LogP contribution is 2.45. The first-order valence-corrected chi connectivity index (χ1v) is 15.2. The Morgan fingerprint density at radius 3 is 1.61 bits per heavy atom. The van der Waals surface area contributed by atoms with Crippen LogP contribution in [0.4, 0.5) is 0 Å². The van der Waals surface area contributed by atoms with E-state index in [0.29, 0.717) is 0 Å². The van der Waals surface area contributed by atoms with Gasteiger partial charge < -0.3 is 8.98 Å². The maximum Gasteiger partial charge on any atom is 0.137 e. The molecule has 0 atom stereocenters. The van der Waals surface area contributed by atoms with Crippen LogP contribution in [0.5, 0.6) is 0 Å². The number of hydrogen-bond acceptors (Lipinski definition) is 1. The molecule has 2 heteroatoms. The molecule has 0 spiro atoms. The van der Waals surface area contributed by atoms with E-state index in [1.165, 1.54) is 70.2 Å². The summed E-state index contributed by atoms with van der Waals surface area (Å²) in [6, 6.07) is 51.1. The second-order valence-corrected chi connectivity index (χ2v) is 12.0. The molecule has 202 valence electrons. The van der Waals surface area contributed by atoms with Crippen LogP contribution in [-0.4, -0.2) is 4.57 Å². The summed E-state index contributed by atoms with van der Waals surface area (Å²) in [5.41, 5.74) is 5.34. The first kappa shape index (κ1) is 22.7. The number of furan rings is 1. The summed E-state index contributed by atoms with van der Waals surface area (Å²) >= 11 is 0. The summed E-state index contributed by atoms with van der Waals surface area (Å²) in [6.45, 7) is 0. The Morgan fingerprint density at radius 1 is 0.318 bits per heavy atom. The van der Waals surface area contributed by atoms with E-state index in [9.17, 15) is 0 Å². The normalized spacial score (nSPS) is 12.5. The second-order valence-electron chi connectivity index (χ2n) is 12.0. The molecule has 0 N–H and O–H groups in total. The van der Waals surface area contributed by atoms with E-state index in [1.54, 1.807) is 0 Å². The molecule has 0 unspecified atom stereocenters. The minimum atomic E-state index is 0.915. The topological polar surface area (TPSA) is 18.1 Å². The molecule has 2 aromatic heterocycles. The molecule has 2 nitrogen and oxygen atoms in total. The fourth-order valence-corrected chi connectivity index (χ4v) is 8.09. The van der Waals surface area contributed by atoms with Crippen LogP contribution >= 0.6 is 0 Å². The minimum absolute atomic E-state index is 0.915. The van der Waals surface area contributed by atoms with Gasteiger partial charge in [-0.15, -0.1) is 0 Å². The predicted octanol–water partition coefficient (Wildman–Crippen LogP) is 11.9. The summed E-state index contributed by atoms with van der Waals surface area (Å²) in [5.74, 6) is 0. The van der Waals surface area contributed by atoms with E-state index >= 15 is 0 Å². The predicted molar refractivity (Wildman–Crippen MR) is 187 cm³/mol. The number of para-hydroxylation sites is 2. The molecule has 0 aliphatic rings. The molecule has 0 fully saturated rings. The Balaban J connectivity index is 1.30. The van der Waals surface area contributed by atoms with Gasteiger partial charge in [0.2, 0.25) is 0 Å². The molecule has 0 amide bonds. The fraction of sp³-hybridized carbons (Fsp3) is 0. The van der Waals surface area contributed by atoms with Crippen molar-refractivity contribution in [3.8, 4) is 5.69 Å². The van der Waals surface area contributed by atoms with Crippen molar-refractivity contribution in [1.82, 2.24) is 4.57 Å². The quantitative estimate of drug-likeness (QED) is 0.145. The van der Waals surface area contributed by atoms with Crippen LogP contribution in [0.25, 0.3) is 103 Å². The lowest BCUT2D eigenvalue weighted by Gasteiger charge is -2.18. The monoisotopic (exact) mass is 557 g/mol. The van der Waals surface area contributed by atoms with Gasteiger partial charge in [0, 0.05) is 33.3 Å². The van der Waals surface area contributed by atoms with E-state index in [2.05, 4.69) is 138 Å². The molecule has 0 aliphatic heterocycles. The average molecular weight is 558 g/mol. The SMILES string of the molecule is c1ccc2c(c1)oc1cc3c(cc12)c1ccccc1n3-c1ccc2c(c1)c1cccc3c4ccccc4c4cccc2c4c31. The van der Waals surface area contributed by atoms with Crippen molar-refractivity contribution in [2.45, 2.75) is 0 Å². The minimum Gasteiger partial charge on any atom is -0.456 e. The second kappa shape index (κ2) is 7.94. The van der Waals surface area contributed by atoms with Crippen molar-refractivity contribution in [2.24, 2.45) is 0 Å². The van der Waals surface area contributed by atoms with Gasteiger partial charge in [-0.3, -0.25) is 0 Å². The zero-order chi connectivity index (χ0) is 28.5. The van der Waals surface area contributed by atoms with Crippen molar-refractivity contribution in [3.05, 3.63) is 140 Å². The number of fused-ring (bicyclic) bond motifs is 12. The van der Waals surface area contributed by atoms with Gasteiger partial charge in [-0.05, 0) is 84.2 Å². The van der Waals surface area contributed by atoms with E-state index in [4.69, 9.17) is 4.42 Å². The number of rotatable bonds is 1. The Kier molecular flexibility index (Phi) is 4.10. The zero-order valence-electron chi connectivity index (χ0n) is 23.6. The third-order valence-electron chi connectivity index (χ3n) is 9.90. The summed E-state index contributed by atoms with van der Waals surface area (Å²) in [5, 5.41) is 18.0. The lowest BCUT2D eigenvalue weighted by atomic mass is 9.86. The van der Waals surface area contributed by atoms with Gasteiger partial charge in [0.25, 0.3) is 0 Å². The first-order valence-electron chi connectivity index (χ1n) is 15.2. The maximum atomic E-state index is 6.37. The van der Waals surface area contributed by atoms with Gasteiger partial charge in [0.15, 0.2) is 0 Å². The molecule has 44 heavy (non-hydrogen) atoms. The molecule has 0 aliphatic carbocycles. The van der Waals surface area contributed by atoms with Gasteiger partial charge in [0.1, 0.15) is 11.2 Å². The molecule has 0 bridgehead atoms. The van der Waals surface area contributed by atoms with Crippen molar-refractivity contribution >= 4 is 97.6 Å². The van der Waals surface area contributed by atoms with Crippen molar-refractivity contribution in [1.29, 1.82) is 0 Å². The number of aromatic nitrogens is 1. The highest BCUT2D eigenvalue weighted by Gasteiger charge is 2.19. The Hall–Kier alpha value is -5.86. The van der Waals surface area contributed by atoms with E-state index in [1.807, 2.05) is 6.07 Å². The summed E-state index contributed by atoms with van der Waals surface area (Å²) < 4.78 is 8.78. The van der Waals surface area contributed by atoms with E-state index in [0.717, 1.165) is 33.1 Å². The molecule has 0 saturated carbocycles. The number of nitrogens with zero attached hydrogens (tertiary/aromatic N) is 1. The van der Waals surface area contributed by atoms with Gasteiger partial charge in [-0.1, -0.05) is 103 Å². The number of benzene rings is 9. The third-order valence-corrected chi connectivity index (χ3v) is 9.90. The molecular formula is C42H23NO. The number of hydrogen-bond donors (Lipinski definition) is 0. The van der Waals surface area contributed by atoms with Crippen molar-refractivity contribution in [2.75, 3.05) is 0 Å². The first-order chi connectivity index (χ1) is 21.8. The molecule has 9 aromatic carbocycles. The molecule has 0 radical (unpaired) electrons. The van der Waals surface area contributed by atoms with Crippen molar-refractivity contribution in [3.63, 3.8) is 0 Å². The lowest BCUT2D eigenvalue weighted by Crippen LogP contribution is -1.95. The Morgan fingerprint density at radius 2 is 0.886 bits per heavy atom. The largest absolute Gasteiger partial charge is 0.456 e. The molecule has 11 rings (SSSR count). The summed E-state index contributed by atoms with van der Waals surface area (Å²) in [6.07, 6.45) is 0. The van der Waals surface area contributed by atoms with Gasteiger partial charge >= 0.3 is 0 Å². The fourth-order valence-electron chi connectivity index (χ4n) is 8.09. The summed E-state index contributed by atoms with van der Waals surface area (Å²) in [4.78, 5) is 0. The smallest absolute Gasteiger partial charge is 0.137 e. The highest BCUT2D eigenvalue weighted by molar-refractivity contribution is 6.40. The van der Waals surface area contributed by atoms with Gasteiger partial charge in [-0.2, -0.15) is 0 Å². The van der Waals surface area contributed by atoms with Crippen LogP contribution in [0.2, 0.25) is 0 Å². The van der Waals surface area contributed by atoms with Crippen LogP contribution in [-0.2, 0) is 0 Å². The Bertz CT molecular complexity index is 2990. The molecular weight excluding hydrogens is 534 g/mol. The summed E-state index contributed by atoms with van der Waals surface area (Å²) in [7, 11) is 0. The van der Waals surface area contributed by atoms with E-state index in [-0.39, 0.29) is 0 Å². The average Bonchev–Trinajstić information content (AvgIpc) is 3.61. The van der Waals surface area contributed by atoms with Crippen molar-refractivity contribution < 1.29 is 4.42 Å². The molecule has 0 saturated heterocycles. The zero-order valence-corrected chi connectivity index (χ0v) is 23.6. The van der Waals surface area contributed by atoms with Crippen LogP contribution in [0, 0.1) is 0 Å². The van der Waals surface area contributed by atoms with Gasteiger partial charge in [-0.25, -0.2) is 0 Å². The Labute approximate surface area is 251 Å². The van der Waals surface area contributed by atoms with Crippen LogP contribution < -0.4 is 0 Å². The van der Waals surface area contributed by atoms with E-state index < -0.39 is 0 Å². The molecule has 2 heterocycles. The van der Waals surface area contributed by atoms with Crippen LogP contribution in [0.1, 0.15) is 0 Å². The molecule has 11 aromatic rings. The maximum absolute atomic E-state index is 6.37. The van der Waals surface area contributed by atoms with Gasteiger partial charge in [0.05, 0.1) is 11.0 Å². The lowest BCUT2D eigenvalue weighted by molar-refractivity contribution is 0.669. The standard InChI is InChI=1S/C42H23NO/c1-2-10-26-25(9-1)30-13-7-15-32-27-20-19-24(21-34(27)33-16-8-14-31(26)42(33)41(30)32)43-37-17-5-3-11-28(37)35-22-36-29-12-4-6-18-39(29)44-40(36)23-38(35)43/h1-23H. The third kappa shape index (κ3) is 2.72. The van der Waals surface area contributed by atoms with Crippen LogP contribution in [0.3, 0.4) is 0 Å². The van der Waals surface area contributed by atoms with Crippen LogP contribution in [0.15, 0.2) is 144 Å².